The molecule has 0 atom stereocenters. The molecule has 6 heteroatoms. The molecule has 150 valence electrons. The van der Waals surface area contributed by atoms with Crippen LogP contribution in [0.3, 0.4) is 0 Å². The lowest BCUT2D eigenvalue weighted by Crippen LogP contribution is -2.09. The van der Waals surface area contributed by atoms with Crippen molar-refractivity contribution in [3.63, 3.8) is 0 Å². The zero-order valence-electron chi connectivity index (χ0n) is 16.3. The minimum absolute atomic E-state index is 0.347. The van der Waals surface area contributed by atoms with Gasteiger partial charge in [-0.25, -0.2) is 9.59 Å². The average Bonchev–Trinajstić information content (AvgIpc) is 2.75. The maximum atomic E-state index is 12.6. The van der Waals surface area contributed by atoms with E-state index in [1.165, 1.54) is 0 Å². The summed E-state index contributed by atoms with van der Waals surface area (Å²) in [5.41, 5.74) is 2.27. The Morgan fingerprint density at radius 1 is 0.933 bits per heavy atom. The van der Waals surface area contributed by atoms with Gasteiger partial charge in [-0.1, -0.05) is 23.7 Å². The van der Waals surface area contributed by atoms with Gasteiger partial charge >= 0.3 is 11.6 Å². The first kappa shape index (κ1) is 19.7. The number of carbonyl (C=O) groups is 1. The highest BCUT2D eigenvalue weighted by molar-refractivity contribution is 6.30. The minimum Gasteiger partial charge on any atom is -0.497 e. The molecular weight excluding hydrogens is 404 g/mol. The molecule has 0 spiro atoms. The van der Waals surface area contributed by atoms with Crippen LogP contribution >= 0.6 is 11.6 Å². The van der Waals surface area contributed by atoms with E-state index in [9.17, 15) is 9.59 Å². The second-order valence-electron chi connectivity index (χ2n) is 6.67. The number of benzene rings is 3. The molecule has 0 unspecified atom stereocenters. The molecule has 0 aliphatic heterocycles. The number of rotatable bonds is 4. The Kier molecular flexibility index (Phi) is 5.29. The number of methoxy groups -OCH3 is 1. The summed E-state index contributed by atoms with van der Waals surface area (Å²) in [7, 11) is 1.58. The first-order valence-corrected chi connectivity index (χ1v) is 9.53. The molecule has 0 aliphatic rings. The van der Waals surface area contributed by atoms with E-state index >= 15 is 0 Å². The van der Waals surface area contributed by atoms with Crippen LogP contribution in [0.5, 0.6) is 11.5 Å². The van der Waals surface area contributed by atoms with Gasteiger partial charge in [0.2, 0.25) is 0 Å². The largest absolute Gasteiger partial charge is 0.497 e. The molecule has 0 N–H and O–H groups in total. The lowest BCUT2D eigenvalue weighted by molar-refractivity contribution is 0.0735. The molecule has 0 radical (unpaired) electrons. The molecule has 1 aromatic heterocycles. The van der Waals surface area contributed by atoms with Crippen molar-refractivity contribution in [3.8, 4) is 22.6 Å². The number of carbonyl (C=O) groups excluding carboxylic acids is 1. The van der Waals surface area contributed by atoms with Gasteiger partial charge in [-0.2, -0.15) is 0 Å². The van der Waals surface area contributed by atoms with Crippen LogP contribution in [-0.4, -0.2) is 13.1 Å². The minimum atomic E-state index is -0.503. The maximum absolute atomic E-state index is 12.6. The molecule has 1 heterocycles. The van der Waals surface area contributed by atoms with Crippen molar-refractivity contribution in [2.75, 3.05) is 7.11 Å². The van der Waals surface area contributed by atoms with Crippen molar-refractivity contribution in [2.24, 2.45) is 0 Å². The molecular formula is C24H17ClO5. The molecule has 0 bridgehead atoms. The Morgan fingerprint density at radius 3 is 2.27 bits per heavy atom. The van der Waals surface area contributed by atoms with Gasteiger partial charge in [-0.15, -0.1) is 0 Å². The third kappa shape index (κ3) is 3.80. The first-order valence-electron chi connectivity index (χ1n) is 9.16. The molecule has 5 nitrogen and oxygen atoms in total. The van der Waals surface area contributed by atoms with Crippen LogP contribution in [-0.2, 0) is 0 Å². The quantitative estimate of drug-likeness (QED) is 0.242. The van der Waals surface area contributed by atoms with Gasteiger partial charge in [0.05, 0.1) is 18.2 Å². The lowest BCUT2D eigenvalue weighted by Gasteiger charge is -2.10. The standard InChI is InChI=1S/C24H17ClO5/c1-14-20-13-19(29-23(26)16-3-7-17(25)8-4-16)11-12-21(20)30-24(27)22(14)15-5-9-18(28-2)10-6-15/h3-13H,1-2H3. The molecule has 30 heavy (non-hydrogen) atoms. The summed E-state index contributed by atoms with van der Waals surface area (Å²) >= 11 is 5.86. The maximum Gasteiger partial charge on any atom is 0.344 e. The Balaban J connectivity index is 1.73. The van der Waals surface area contributed by atoms with E-state index in [2.05, 4.69) is 0 Å². The molecule has 4 rings (SSSR count). The molecule has 0 fully saturated rings. The van der Waals surface area contributed by atoms with Gasteiger partial charge in [0.1, 0.15) is 17.1 Å². The fourth-order valence-electron chi connectivity index (χ4n) is 3.24. The van der Waals surface area contributed by atoms with E-state index in [4.69, 9.17) is 25.5 Å². The Morgan fingerprint density at radius 2 is 1.60 bits per heavy atom. The molecule has 0 aliphatic carbocycles. The lowest BCUT2D eigenvalue weighted by atomic mass is 9.99. The number of hydrogen-bond acceptors (Lipinski definition) is 5. The number of halogens is 1. The zero-order valence-corrected chi connectivity index (χ0v) is 17.0. The van der Waals surface area contributed by atoms with Crippen LogP contribution in [0.25, 0.3) is 22.1 Å². The molecule has 4 aromatic rings. The Bertz CT molecular complexity index is 1290. The second-order valence-corrected chi connectivity index (χ2v) is 7.11. The summed E-state index contributed by atoms with van der Waals surface area (Å²) in [5.74, 6) is 0.537. The summed E-state index contributed by atoms with van der Waals surface area (Å²) in [4.78, 5) is 25.0. The normalized spacial score (nSPS) is 10.8. The third-order valence-electron chi connectivity index (χ3n) is 4.81. The van der Waals surface area contributed by atoms with Gasteiger partial charge < -0.3 is 13.9 Å². The van der Waals surface area contributed by atoms with Crippen LogP contribution in [0.2, 0.25) is 5.02 Å². The van der Waals surface area contributed by atoms with E-state index in [-0.39, 0.29) is 0 Å². The van der Waals surface area contributed by atoms with Gasteiger partial charge in [-0.05, 0) is 72.6 Å². The van der Waals surface area contributed by atoms with E-state index in [1.54, 1.807) is 73.8 Å². The van der Waals surface area contributed by atoms with Crippen molar-refractivity contribution in [1.82, 2.24) is 0 Å². The first-order chi connectivity index (χ1) is 14.5. The summed E-state index contributed by atoms with van der Waals surface area (Å²) < 4.78 is 16.2. The van der Waals surface area contributed by atoms with E-state index in [0.717, 1.165) is 5.56 Å². The molecule has 3 aromatic carbocycles. The summed E-state index contributed by atoms with van der Waals surface area (Å²) in [6.07, 6.45) is 0. The van der Waals surface area contributed by atoms with Crippen LogP contribution < -0.4 is 15.1 Å². The predicted molar refractivity (Wildman–Crippen MR) is 116 cm³/mol. The number of aryl methyl sites for hydroxylation is 1. The second kappa shape index (κ2) is 8.05. The third-order valence-corrected chi connectivity index (χ3v) is 5.06. The Hall–Kier alpha value is -3.57. The fraction of sp³-hybridized carbons (Fsp3) is 0.0833. The highest BCUT2D eigenvalue weighted by atomic mass is 35.5. The average molecular weight is 421 g/mol. The predicted octanol–water partition coefficient (Wildman–Crippen LogP) is 5.65. The van der Waals surface area contributed by atoms with Crippen molar-refractivity contribution >= 4 is 28.5 Å². The fourth-order valence-corrected chi connectivity index (χ4v) is 3.36. The van der Waals surface area contributed by atoms with Gasteiger partial charge in [-0.3, -0.25) is 0 Å². The van der Waals surface area contributed by atoms with E-state index in [0.29, 0.717) is 44.2 Å². The van der Waals surface area contributed by atoms with Gasteiger partial charge in [0.15, 0.2) is 0 Å². The number of ether oxygens (including phenoxy) is 2. The van der Waals surface area contributed by atoms with Crippen molar-refractivity contribution < 1.29 is 18.7 Å². The zero-order chi connectivity index (χ0) is 21.3. The number of hydrogen-bond donors (Lipinski definition) is 0. The summed E-state index contributed by atoms with van der Waals surface area (Å²) in [6.45, 7) is 1.84. The number of esters is 1. The monoisotopic (exact) mass is 420 g/mol. The van der Waals surface area contributed by atoms with Crippen LogP contribution in [0.4, 0.5) is 0 Å². The van der Waals surface area contributed by atoms with Gasteiger partial charge in [0.25, 0.3) is 0 Å². The van der Waals surface area contributed by atoms with E-state index in [1.807, 2.05) is 6.92 Å². The SMILES string of the molecule is COc1ccc(-c2c(C)c3cc(OC(=O)c4ccc(Cl)cc4)ccc3oc2=O)cc1. The van der Waals surface area contributed by atoms with Crippen LogP contribution in [0.15, 0.2) is 75.9 Å². The molecule has 0 saturated heterocycles. The topological polar surface area (TPSA) is 65.7 Å². The van der Waals surface area contributed by atoms with Crippen molar-refractivity contribution in [3.05, 3.63) is 93.3 Å². The van der Waals surface area contributed by atoms with E-state index < -0.39 is 11.6 Å². The smallest absolute Gasteiger partial charge is 0.344 e. The highest BCUT2D eigenvalue weighted by Crippen LogP contribution is 2.30. The molecule has 0 amide bonds. The summed E-state index contributed by atoms with van der Waals surface area (Å²) in [6, 6.07) is 18.5. The van der Waals surface area contributed by atoms with Crippen molar-refractivity contribution in [2.45, 2.75) is 6.92 Å². The van der Waals surface area contributed by atoms with Crippen LogP contribution in [0.1, 0.15) is 15.9 Å². The van der Waals surface area contributed by atoms with Crippen molar-refractivity contribution in [1.29, 1.82) is 0 Å². The summed E-state index contributed by atoms with van der Waals surface area (Å²) in [5, 5.41) is 1.22. The molecule has 0 saturated carbocycles. The highest BCUT2D eigenvalue weighted by Gasteiger charge is 2.15. The van der Waals surface area contributed by atoms with Crippen LogP contribution in [0, 0.1) is 6.92 Å². The number of fused-ring (bicyclic) bond motifs is 1. The Labute approximate surface area is 177 Å². The van der Waals surface area contributed by atoms with Gasteiger partial charge in [0, 0.05) is 10.4 Å².